The Morgan fingerprint density at radius 3 is 2.85 bits per heavy atom. The Morgan fingerprint density at radius 2 is 2.25 bits per heavy atom. The second kappa shape index (κ2) is 4.85. The molecule has 2 aromatic rings. The first kappa shape index (κ1) is 13.0. The summed E-state index contributed by atoms with van der Waals surface area (Å²) in [6, 6.07) is 5.97. The number of fused-ring (bicyclic) bond motifs is 1. The molecule has 20 heavy (non-hydrogen) atoms. The molecule has 3 rings (SSSR count). The highest BCUT2D eigenvalue weighted by atomic mass is 16.5. The molecule has 1 saturated carbocycles. The summed E-state index contributed by atoms with van der Waals surface area (Å²) in [6.45, 7) is 0. The first-order chi connectivity index (χ1) is 9.61. The van der Waals surface area contributed by atoms with Crippen LogP contribution in [0.3, 0.4) is 0 Å². The molecule has 1 aliphatic rings. The standard InChI is InChI=1S/C16H19NO3/c1-17-9-13(12(8-15(18)19)10-6-7-10)11-4-3-5-14(20-2)16(11)17/h3-5,9-10,12H,6-8H2,1-2H3,(H,18,19). The van der Waals surface area contributed by atoms with Gasteiger partial charge in [0.1, 0.15) is 5.75 Å². The Bertz CT molecular complexity index is 655. The maximum Gasteiger partial charge on any atom is 0.303 e. The zero-order valence-electron chi connectivity index (χ0n) is 11.8. The van der Waals surface area contributed by atoms with Gasteiger partial charge in [0.15, 0.2) is 0 Å². The second-order valence-corrected chi connectivity index (χ2v) is 5.59. The minimum Gasteiger partial charge on any atom is -0.495 e. The van der Waals surface area contributed by atoms with Crippen molar-refractivity contribution in [3.8, 4) is 5.75 Å². The van der Waals surface area contributed by atoms with Gasteiger partial charge in [-0.05, 0) is 36.3 Å². The number of carboxylic acids is 1. The second-order valence-electron chi connectivity index (χ2n) is 5.59. The summed E-state index contributed by atoms with van der Waals surface area (Å²) in [5.41, 5.74) is 2.19. The smallest absolute Gasteiger partial charge is 0.303 e. The fraction of sp³-hybridized carbons (Fsp3) is 0.438. The fourth-order valence-electron chi connectivity index (χ4n) is 3.14. The monoisotopic (exact) mass is 273 g/mol. The number of carbonyl (C=O) groups is 1. The van der Waals surface area contributed by atoms with Gasteiger partial charge in [0.25, 0.3) is 0 Å². The number of rotatable bonds is 5. The Balaban J connectivity index is 2.13. The number of nitrogens with zero attached hydrogens (tertiary/aromatic N) is 1. The maximum atomic E-state index is 11.1. The van der Waals surface area contributed by atoms with Gasteiger partial charge >= 0.3 is 5.97 Å². The molecule has 1 aliphatic carbocycles. The Labute approximate surface area is 118 Å². The van der Waals surface area contributed by atoms with Crippen LogP contribution in [0.2, 0.25) is 0 Å². The molecule has 1 aromatic carbocycles. The quantitative estimate of drug-likeness (QED) is 0.910. The summed E-state index contributed by atoms with van der Waals surface area (Å²) in [6.07, 6.45) is 4.55. The van der Waals surface area contributed by atoms with E-state index in [-0.39, 0.29) is 12.3 Å². The molecule has 1 aromatic heterocycles. The fourth-order valence-corrected chi connectivity index (χ4v) is 3.14. The third-order valence-electron chi connectivity index (χ3n) is 4.20. The van der Waals surface area contributed by atoms with Crippen molar-refractivity contribution in [2.45, 2.75) is 25.2 Å². The summed E-state index contributed by atoms with van der Waals surface area (Å²) in [7, 11) is 3.65. The van der Waals surface area contributed by atoms with E-state index in [1.54, 1.807) is 7.11 Å². The first-order valence-corrected chi connectivity index (χ1v) is 6.95. The molecule has 4 heteroatoms. The number of hydrogen-bond donors (Lipinski definition) is 1. The summed E-state index contributed by atoms with van der Waals surface area (Å²) >= 11 is 0. The van der Waals surface area contributed by atoms with Crippen LogP contribution in [0.5, 0.6) is 5.75 Å². The summed E-state index contributed by atoms with van der Waals surface area (Å²) in [5.74, 6) is 0.745. The van der Waals surface area contributed by atoms with E-state index in [1.807, 2.05) is 23.7 Å². The molecule has 106 valence electrons. The molecule has 1 heterocycles. The van der Waals surface area contributed by atoms with Crippen LogP contribution >= 0.6 is 0 Å². The summed E-state index contributed by atoms with van der Waals surface area (Å²) in [4.78, 5) is 11.1. The molecule has 1 N–H and O–H groups in total. The van der Waals surface area contributed by atoms with E-state index in [0.717, 1.165) is 35.1 Å². The van der Waals surface area contributed by atoms with Gasteiger partial charge in [-0.15, -0.1) is 0 Å². The van der Waals surface area contributed by atoms with Gasteiger partial charge < -0.3 is 14.4 Å². The Morgan fingerprint density at radius 1 is 1.50 bits per heavy atom. The van der Waals surface area contributed by atoms with Crippen molar-refractivity contribution in [3.05, 3.63) is 30.0 Å². The third kappa shape index (κ3) is 2.15. The molecule has 0 saturated heterocycles. The molecular weight excluding hydrogens is 254 g/mol. The lowest BCUT2D eigenvalue weighted by Gasteiger charge is -2.13. The molecule has 0 bridgehead atoms. The molecular formula is C16H19NO3. The average molecular weight is 273 g/mol. The number of benzene rings is 1. The zero-order valence-corrected chi connectivity index (χ0v) is 11.8. The van der Waals surface area contributed by atoms with E-state index >= 15 is 0 Å². The van der Waals surface area contributed by atoms with E-state index in [9.17, 15) is 9.90 Å². The third-order valence-corrected chi connectivity index (χ3v) is 4.20. The van der Waals surface area contributed by atoms with Crippen molar-refractivity contribution in [2.24, 2.45) is 13.0 Å². The van der Waals surface area contributed by atoms with Crippen molar-refractivity contribution in [1.82, 2.24) is 4.57 Å². The number of ether oxygens (including phenoxy) is 1. The highest BCUT2D eigenvalue weighted by molar-refractivity contribution is 5.90. The van der Waals surface area contributed by atoms with Gasteiger partial charge in [-0.1, -0.05) is 12.1 Å². The van der Waals surface area contributed by atoms with E-state index in [0.29, 0.717) is 5.92 Å². The van der Waals surface area contributed by atoms with Gasteiger partial charge in [0, 0.05) is 18.6 Å². The van der Waals surface area contributed by atoms with Gasteiger partial charge in [0.05, 0.1) is 19.0 Å². The Hall–Kier alpha value is -1.97. The van der Waals surface area contributed by atoms with Crippen molar-refractivity contribution < 1.29 is 14.6 Å². The van der Waals surface area contributed by atoms with E-state index in [4.69, 9.17) is 4.74 Å². The molecule has 4 nitrogen and oxygen atoms in total. The van der Waals surface area contributed by atoms with Crippen molar-refractivity contribution >= 4 is 16.9 Å². The maximum absolute atomic E-state index is 11.1. The van der Waals surface area contributed by atoms with E-state index in [2.05, 4.69) is 12.3 Å². The minimum atomic E-state index is -0.721. The topological polar surface area (TPSA) is 51.5 Å². The highest BCUT2D eigenvalue weighted by Crippen LogP contribution is 2.47. The lowest BCUT2D eigenvalue weighted by Crippen LogP contribution is -2.08. The SMILES string of the molecule is COc1cccc2c(C(CC(=O)O)C3CC3)cn(C)c12. The number of carboxylic acid groups (broad SMARTS) is 1. The number of para-hydroxylation sites is 1. The molecule has 1 unspecified atom stereocenters. The number of methoxy groups -OCH3 is 1. The van der Waals surface area contributed by atoms with Gasteiger partial charge in [0.2, 0.25) is 0 Å². The zero-order chi connectivity index (χ0) is 14.3. The number of aryl methyl sites for hydroxylation is 1. The highest BCUT2D eigenvalue weighted by Gasteiger charge is 2.35. The van der Waals surface area contributed by atoms with Crippen molar-refractivity contribution in [1.29, 1.82) is 0 Å². The molecule has 1 atom stereocenters. The van der Waals surface area contributed by atoms with Crippen LogP contribution < -0.4 is 4.74 Å². The van der Waals surface area contributed by atoms with E-state index < -0.39 is 5.97 Å². The lowest BCUT2D eigenvalue weighted by atomic mass is 9.91. The van der Waals surface area contributed by atoms with Gasteiger partial charge in [-0.3, -0.25) is 4.79 Å². The van der Waals surface area contributed by atoms with Crippen LogP contribution in [0.1, 0.15) is 30.7 Å². The van der Waals surface area contributed by atoms with Crippen LogP contribution in [0.15, 0.2) is 24.4 Å². The molecule has 0 radical (unpaired) electrons. The average Bonchev–Trinajstić information content (AvgIpc) is 3.20. The molecule has 0 spiro atoms. The predicted octanol–water partition coefficient (Wildman–Crippen LogP) is 3.16. The predicted molar refractivity (Wildman–Crippen MR) is 77.2 cm³/mol. The van der Waals surface area contributed by atoms with Crippen LogP contribution in [0.4, 0.5) is 0 Å². The van der Waals surface area contributed by atoms with Crippen LogP contribution in [-0.4, -0.2) is 22.8 Å². The normalized spacial score (nSPS) is 16.3. The van der Waals surface area contributed by atoms with Gasteiger partial charge in [-0.2, -0.15) is 0 Å². The van der Waals surface area contributed by atoms with Crippen molar-refractivity contribution in [2.75, 3.05) is 7.11 Å². The minimum absolute atomic E-state index is 0.114. The van der Waals surface area contributed by atoms with Crippen molar-refractivity contribution in [3.63, 3.8) is 0 Å². The lowest BCUT2D eigenvalue weighted by molar-refractivity contribution is -0.137. The largest absolute Gasteiger partial charge is 0.495 e. The van der Waals surface area contributed by atoms with E-state index in [1.165, 1.54) is 0 Å². The molecule has 0 aliphatic heterocycles. The van der Waals surface area contributed by atoms with Crippen LogP contribution in [-0.2, 0) is 11.8 Å². The first-order valence-electron chi connectivity index (χ1n) is 6.95. The summed E-state index contributed by atoms with van der Waals surface area (Å²) in [5, 5.41) is 10.3. The Kier molecular flexibility index (Phi) is 3.16. The van der Waals surface area contributed by atoms with Gasteiger partial charge in [-0.25, -0.2) is 0 Å². The van der Waals surface area contributed by atoms with Crippen LogP contribution in [0.25, 0.3) is 10.9 Å². The number of aromatic nitrogens is 1. The number of hydrogen-bond acceptors (Lipinski definition) is 2. The van der Waals surface area contributed by atoms with Crippen LogP contribution in [0, 0.1) is 5.92 Å². The number of aliphatic carboxylic acids is 1. The molecule has 1 fully saturated rings. The molecule has 0 amide bonds. The summed E-state index contributed by atoms with van der Waals surface area (Å²) < 4.78 is 7.46.